The molecule has 0 aliphatic rings. The second kappa shape index (κ2) is 7.00. The Balaban J connectivity index is 1.39. The molecule has 0 spiro atoms. The molecule has 6 nitrogen and oxygen atoms in total. The second-order valence-corrected chi connectivity index (χ2v) is 8.32. The summed E-state index contributed by atoms with van der Waals surface area (Å²) >= 11 is 1.22. The molecule has 0 fully saturated rings. The molecule has 156 valence electrons. The summed E-state index contributed by atoms with van der Waals surface area (Å²) in [7, 11) is 0. The van der Waals surface area contributed by atoms with Crippen molar-refractivity contribution in [1.29, 1.82) is 0 Å². The normalized spacial score (nSPS) is 12.4. The maximum Gasteiger partial charge on any atom is 0.291 e. The summed E-state index contributed by atoms with van der Waals surface area (Å²) in [6.07, 6.45) is 1.66. The number of rotatable bonds is 3. The summed E-state index contributed by atoms with van der Waals surface area (Å²) in [4.78, 5) is 17.9. The third kappa shape index (κ3) is 2.96. The van der Waals surface area contributed by atoms with Crippen LogP contribution in [0.3, 0.4) is 0 Å². The monoisotopic (exact) mass is 443 g/mol. The molecular weight excluding hydrogens is 429 g/mol. The Morgan fingerprint density at radius 2 is 1.84 bits per heavy atom. The van der Waals surface area contributed by atoms with Crippen LogP contribution in [0.1, 0.15) is 11.3 Å². The maximum absolute atomic E-state index is 13.1. The zero-order valence-corrected chi connectivity index (χ0v) is 17.5. The first-order valence-corrected chi connectivity index (χ1v) is 10.6. The van der Waals surface area contributed by atoms with E-state index in [2.05, 4.69) is 10.1 Å². The molecule has 0 aliphatic heterocycles. The van der Waals surface area contributed by atoms with Crippen molar-refractivity contribution in [1.82, 2.24) is 14.6 Å². The smallest absolute Gasteiger partial charge is 0.291 e. The average molecular weight is 443 g/mol. The molecule has 0 saturated heterocycles. The van der Waals surface area contributed by atoms with E-state index in [9.17, 15) is 9.18 Å². The number of hydrogen-bond donors (Lipinski definition) is 0. The van der Waals surface area contributed by atoms with Crippen LogP contribution >= 0.6 is 11.3 Å². The number of thiazole rings is 1. The predicted octanol–water partition coefficient (Wildman–Crippen LogP) is 4.82. The molecule has 6 aromatic rings. The Morgan fingerprint density at radius 1 is 1.03 bits per heavy atom. The molecule has 0 bridgehead atoms. The quantitative estimate of drug-likeness (QED) is 0.392. The minimum atomic E-state index is -0.310. The minimum absolute atomic E-state index is 0.280. The van der Waals surface area contributed by atoms with Gasteiger partial charge in [-0.3, -0.25) is 4.79 Å². The van der Waals surface area contributed by atoms with Gasteiger partial charge in [-0.15, -0.1) is 5.10 Å². The number of nitrogens with zero attached hydrogens (tertiary/aromatic N) is 3. The van der Waals surface area contributed by atoms with E-state index < -0.39 is 0 Å². The van der Waals surface area contributed by atoms with Crippen LogP contribution in [0.2, 0.25) is 0 Å². The van der Waals surface area contributed by atoms with Gasteiger partial charge in [0, 0.05) is 22.6 Å². The second-order valence-electron chi connectivity index (χ2n) is 7.31. The van der Waals surface area contributed by atoms with Crippen LogP contribution in [0.25, 0.3) is 44.9 Å². The largest absolute Gasteiger partial charge is 0.457 e. The summed E-state index contributed by atoms with van der Waals surface area (Å²) in [6.45, 7) is 1.95. The van der Waals surface area contributed by atoms with E-state index in [-0.39, 0.29) is 11.4 Å². The molecule has 4 heterocycles. The van der Waals surface area contributed by atoms with Crippen LogP contribution in [0, 0.1) is 12.7 Å². The highest BCUT2D eigenvalue weighted by molar-refractivity contribution is 7.15. The fourth-order valence-electron chi connectivity index (χ4n) is 3.65. The van der Waals surface area contributed by atoms with Crippen LogP contribution in [-0.4, -0.2) is 14.6 Å². The molecule has 0 atom stereocenters. The van der Waals surface area contributed by atoms with Gasteiger partial charge in [0.1, 0.15) is 27.5 Å². The van der Waals surface area contributed by atoms with Crippen molar-refractivity contribution in [3.05, 3.63) is 92.7 Å². The molecule has 32 heavy (non-hydrogen) atoms. The molecule has 0 saturated carbocycles. The molecular formula is C24H14FN3O3S. The summed E-state index contributed by atoms with van der Waals surface area (Å²) in [5.74, 6) is 1.73. The Kier molecular flexibility index (Phi) is 4.09. The van der Waals surface area contributed by atoms with Crippen LogP contribution < -0.4 is 10.1 Å². The molecule has 0 amide bonds. The topological polar surface area (TPSA) is 73.5 Å². The lowest BCUT2D eigenvalue weighted by atomic mass is 10.1. The molecule has 4 aromatic heterocycles. The number of aryl methyl sites for hydroxylation is 1. The van der Waals surface area contributed by atoms with Crippen LogP contribution in [0.5, 0.6) is 0 Å². The van der Waals surface area contributed by atoms with E-state index in [0.717, 1.165) is 22.1 Å². The van der Waals surface area contributed by atoms with Crippen molar-refractivity contribution in [2.24, 2.45) is 0 Å². The van der Waals surface area contributed by atoms with Crippen molar-refractivity contribution >= 4 is 33.3 Å². The van der Waals surface area contributed by atoms with Gasteiger partial charge < -0.3 is 8.83 Å². The number of para-hydroxylation sites is 1. The lowest BCUT2D eigenvalue weighted by molar-refractivity contribution is 0.571. The number of halogens is 1. The fourth-order valence-corrected chi connectivity index (χ4v) is 4.53. The first-order valence-electron chi connectivity index (χ1n) is 9.82. The van der Waals surface area contributed by atoms with Gasteiger partial charge in [-0.1, -0.05) is 29.5 Å². The van der Waals surface area contributed by atoms with Gasteiger partial charge in [-0.2, -0.15) is 9.50 Å². The first kappa shape index (κ1) is 18.7. The summed E-state index contributed by atoms with van der Waals surface area (Å²) in [6, 6.07) is 17.3. The van der Waals surface area contributed by atoms with Gasteiger partial charge in [0.25, 0.3) is 5.56 Å². The SMILES string of the molecule is Cc1c(-c2nc3sc(=Cc4ccc(-c5ccc(F)cc5)o4)c(=O)n3n2)oc2ccccc12. The minimum Gasteiger partial charge on any atom is -0.457 e. The molecule has 8 heteroatoms. The van der Waals surface area contributed by atoms with Gasteiger partial charge >= 0.3 is 0 Å². The van der Waals surface area contributed by atoms with Crippen LogP contribution in [0.15, 0.2) is 74.3 Å². The Labute approximate surface area is 183 Å². The highest BCUT2D eigenvalue weighted by Gasteiger charge is 2.19. The van der Waals surface area contributed by atoms with Gasteiger partial charge in [-0.05, 0) is 49.4 Å². The molecule has 0 radical (unpaired) electrons. The third-order valence-corrected chi connectivity index (χ3v) is 6.22. The van der Waals surface area contributed by atoms with Crippen molar-refractivity contribution in [2.45, 2.75) is 6.92 Å². The van der Waals surface area contributed by atoms with Gasteiger partial charge in [0.15, 0.2) is 5.76 Å². The van der Waals surface area contributed by atoms with E-state index in [1.807, 2.05) is 31.2 Å². The Hall–Kier alpha value is -4.04. The standard InChI is InChI=1S/C24H14FN3O3S/c1-13-17-4-2-3-5-19(17)31-21(13)22-26-24-28(27-22)23(29)20(32-24)12-16-10-11-18(30-16)14-6-8-15(25)9-7-14/h2-12H,1H3. The van der Waals surface area contributed by atoms with E-state index in [4.69, 9.17) is 8.83 Å². The summed E-state index contributed by atoms with van der Waals surface area (Å²) in [5.41, 5.74) is 2.16. The molecule has 0 N–H and O–H groups in total. The number of benzene rings is 2. The highest BCUT2D eigenvalue weighted by Crippen LogP contribution is 2.31. The first-order chi connectivity index (χ1) is 15.6. The van der Waals surface area contributed by atoms with Crippen molar-refractivity contribution in [3.8, 4) is 22.9 Å². The van der Waals surface area contributed by atoms with Crippen LogP contribution in [0.4, 0.5) is 4.39 Å². The Morgan fingerprint density at radius 3 is 2.62 bits per heavy atom. The molecule has 2 aromatic carbocycles. The predicted molar refractivity (Wildman–Crippen MR) is 120 cm³/mol. The lowest BCUT2D eigenvalue weighted by Gasteiger charge is -1.95. The number of furan rings is 2. The van der Waals surface area contributed by atoms with E-state index >= 15 is 0 Å². The summed E-state index contributed by atoms with van der Waals surface area (Å²) in [5, 5.41) is 5.38. The Bertz CT molecular complexity index is 1720. The van der Waals surface area contributed by atoms with Crippen molar-refractivity contribution in [2.75, 3.05) is 0 Å². The van der Waals surface area contributed by atoms with Crippen molar-refractivity contribution in [3.63, 3.8) is 0 Å². The van der Waals surface area contributed by atoms with E-state index in [0.29, 0.717) is 32.6 Å². The van der Waals surface area contributed by atoms with Gasteiger partial charge in [-0.25, -0.2) is 4.39 Å². The number of fused-ring (bicyclic) bond motifs is 2. The van der Waals surface area contributed by atoms with Gasteiger partial charge in [0.2, 0.25) is 10.8 Å². The average Bonchev–Trinajstić information content (AvgIpc) is 3.55. The van der Waals surface area contributed by atoms with E-state index in [1.54, 1.807) is 30.3 Å². The van der Waals surface area contributed by atoms with Gasteiger partial charge in [0.05, 0.1) is 0 Å². The molecule has 0 unspecified atom stereocenters. The fraction of sp³-hybridized carbons (Fsp3) is 0.0417. The number of aromatic nitrogens is 3. The lowest BCUT2D eigenvalue weighted by Crippen LogP contribution is -2.23. The molecule has 6 rings (SSSR count). The van der Waals surface area contributed by atoms with E-state index in [1.165, 1.54) is 28.0 Å². The third-order valence-electron chi connectivity index (χ3n) is 5.26. The van der Waals surface area contributed by atoms with Crippen LogP contribution in [-0.2, 0) is 0 Å². The molecule has 0 aliphatic carbocycles. The zero-order valence-electron chi connectivity index (χ0n) is 16.7. The highest BCUT2D eigenvalue weighted by atomic mass is 32.1. The zero-order chi connectivity index (χ0) is 21.8. The number of hydrogen-bond acceptors (Lipinski definition) is 6. The summed E-state index contributed by atoms with van der Waals surface area (Å²) < 4.78 is 26.6. The van der Waals surface area contributed by atoms with Crippen molar-refractivity contribution < 1.29 is 13.2 Å². The maximum atomic E-state index is 13.1.